The molecule has 1 aromatic heterocycles. The van der Waals surface area contributed by atoms with Crippen LogP contribution >= 0.6 is 11.3 Å². The van der Waals surface area contributed by atoms with Crippen LogP contribution in [0.15, 0.2) is 12.1 Å². The second kappa shape index (κ2) is 6.47. The zero-order valence-electron chi connectivity index (χ0n) is 5.96. The van der Waals surface area contributed by atoms with Crippen LogP contribution in [-0.2, 0) is 44.1 Å². The maximum Gasteiger partial charge on any atom is 0.0428 e. The van der Waals surface area contributed by atoms with Crippen LogP contribution in [0.4, 0.5) is 0 Å². The number of hydrogen-bond acceptors (Lipinski definition) is 2. The molecule has 10 heavy (non-hydrogen) atoms. The topological polar surface area (TPSA) is 9.23 Å². The summed E-state index contributed by atoms with van der Waals surface area (Å²) in [5, 5.41) is 3.00. The van der Waals surface area contributed by atoms with Crippen molar-refractivity contribution >= 4 is 11.3 Å². The fourth-order valence-corrected chi connectivity index (χ4v) is 1.12. The molecule has 0 saturated heterocycles. The van der Waals surface area contributed by atoms with E-state index in [9.17, 15) is 0 Å². The van der Waals surface area contributed by atoms with Gasteiger partial charge in [0.1, 0.15) is 0 Å². The van der Waals surface area contributed by atoms with Crippen LogP contribution in [0.1, 0.15) is 11.8 Å². The van der Waals surface area contributed by atoms with Gasteiger partial charge in [-0.15, -0.1) is 10.3 Å². The van der Waals surface area contributed by atoms with Gasteiger partial charge in [0.05, 0.1) is 0 Å². The second-order valence-electron chi connectivity index (χ2n) is 1.66. The van der Waals surface area contributed by atoms with Crippen molar-refractivity contribution in [2.75, 3.05) is 6.61 Å². The molecule has 0 N–H and O–H groups in total. The van der Waals surface area contributed by atoms with Crippen LogP contribution in [0.5, 0.6) is 0 Å². The molecule has 0 bridgehead atoms. The van der Waals surface area contributed by atoms with E-state index in [0.717, 1.165) is 13.2 Å². The average molecular weight is 230 g/mol. The van der Waals surface area contributed by atoms with Crippen LogP contribution in [0, 0.1) is 5.38 Å². The second-order valence-corrected chi connectivity index (χ2v) is 2.62. The molecule has 1 radical (unpaired) electrons. The van der Waals surface area contributed by atoms with Gasteiger partial charge in [-0.05, 0) is 6.92 Å². The number of rotatable bonds is 3. The number of ether oxygens (including phenoxy) is 1. The minimum Gasteiger partial charge on any atom is -0.390 e. The van der Waals surface area contributed by atoms with Gasteiger partial charge in [0.15, 0.2) is 0 Å². The fourth-order valence-electron chi connectivity index (χ4n) is 0.551. The van der Waals surface area contributed by atoms with Gasteiger partial charge < -0.3 is 4.74 Å². The molecule has 1 aromatic rings. The fraction of sp³-hybridized carbons (Fsp3) is 0.429. The molecule has 0 spiro atoms. The molecule has 0 fully saturated rings. The van der Waals surface area contributed by atoms with E-state index in [1.807, 2.05) is 19.1 Å². The number of hydrogen-bond donors (Lipinski definition) is 0. The maximum atomic E-state index is 5.17. The van der Waals surface area contributed by atoms with Crippen LogP contribution < -0.4 is 0 Å². The van der Waals surface area contributed by atoms with E-state index in [1.54, 1.807) is 11.3 Å². The van der Waals surface area contributed by atoms with Crippen LogP contribution in [0.25, 0.3) is 0 Å². The summed E-state index contributed by atoms with van der Waals surface area (Å²) in [6, 6.07) is 3.94. The Bertz CT molecular complexity index is 151. The van der Waals surface area contributed by atoms with Crippen LogP contribution in [0.3, 0.4) is 0 Å². The minimum atomic E-state index is 0. The number of thiophene rings is 1. The summed E-state index contributed by atoms with van der Waals surface area (Å²) in [6.45, 7) is 3.53. The zero-order chi connectivity index (χ0) is 6.53. The van der Waals surface area contributed by atoms with Gasteiger partial charge in [0.25, 0.3) is 0 Å². The van der Waals surface area contributed by atoms with Gasteiger partial charge in [-0.3, -0.25) is 11.3 Å². The summed E-state index contributed by atoms with van der Waals surface area (Å²) in [5.41, 5.74) is 0. The molecule has 0 saturated carbocycles. The van der Waals surface area contributed by atoms with Crippen molar-refractivity contribution in [2.45, 2.75) is 13.5 Å². The van der Waals surface area contributed by atoms with Gasteiger partial charge in [-0.2, -0.15) is 12.1 Å². The first-order valence-corrected chi connectivity index (χ1v) is 3.77. The van der Waals surface area contributed by atoms with Gasteiger partial charge in [-0.25, -0.2) is 0 Å². The Morgan fingerprint density at radius 1 is 1.70 bits per heavy atom. The van der Waals surface area contributed by atoms with E-state index in [4.69, 9.17) is 4.74 Å². The quantitative estimate of drug-likeness (QED) is 0.722. The van der Waals surface area contributed by atoms with Crippen molar-refractivity contribution in [3.05, 3.63) is 22.4 Å². The summed E-state index contributed by atoms with van der Waals surface area (Å²) in [7, 11) is 0. The maximum absolute atomic E-state index is 5.17. The Morgan fingerprint density at radius 3 is 3.00 bits per heavy atom. The Balaban J connectivity index is 0.000000810. The minimum absolute atomic E-state index is 0. The van der Waals surface area contributed by atoms with Crippen molar-refractivity contribution in [3.8, 4) is 0 Å². The summed E-state index contributed by atoms with van der Waals surface area (Å²) < 4.78 is 5.17. The predicted molar refractivity (Wildman–Crippen MR) is 38.5 cm³/mol. The van der Waals surface area contributed by atoms with Crippen LogP contribution in [0.2, 0.25) is 0 Å². The van der Waals surface area contributed by atoms with Crippen LogP contribution in [-0.4, -0.2) is 6.61 Å². The third-order valence-corrected chi connectivity index (χ3v) is 1.75. The van der Waals surface area contributed by atoms with Gasteiger partial charge in [0.2, 0.25) is 0 Å². The molecule has 0 aliphatic rings. The summed E-state index contributed by atoms with van der Waals surface area (Å²) >= 11 is 1.61. The molecule has 1 heterocycles. The molecular weight excluding hydrogens is 221 g/mol. The van der Waals surface area contributed by atoms with E-state index < -0.39 is 0 Å². The first kappa shape index (κ1) is 10.8. The molecular formula is C7H9OSY-. The normalized spacial score (nSPS) is 8.90. The van der Waals surface area contributed by atoms with Gasteiger partial charge >= 0.3 is 0 Å². The standard InChI is InChI=1S/C7H9OS.Y/c1-2-8-6-7-4-3-5-9-7;/h3-4H,2,6H2,1H3;/q-1;. The zero-order valence-corrected chi connectivity index (χ0v) is 9.62. The van der Waals surface area contributed by atoms with Crippen molar-refractivity contribution in [3.63, 3.8) is 0 Å². The van der Waals surface area contributed by atoms with Crippen molar-refractivity contribution in [1.29, 1.82) is 0 Å². The molecule has 0 amide bonds. The molecule has 3 heteroatoms. The SMILES string of the molecule is CCOCc1cc[c-]s1.[Y]. The molecule has 0 atom stereocenters. The van der Waals surface area contributed by atoms with E-state index in [0.29, 0.717) is 0 Å². The molecule has 0 aliphatic carbocycles. The van der Waals surface area contributed by atoms with Gasteiger partial charge in [0, 0.05) is 45.9 Å². The summed E-state index contributed by atoms with van der Waals surface area (Å²) in [5.74, 6) is 0. The predicted octanol–water partition coefficient (Wildman–Crippen LogP) is 2.08. The van der Waals surface area contributed by atoms with Crippen molar-refractivity contribution < 1.29 is 37.4 Å². The molecule has 0 unspecified atom stereocenters. The van der Waals surface area contributed by atoms with E-state index in [-0.39, 0.29) is 32.7 Å². The summed E-state index contributed by atoms with van der Waals surface area (Å²) in [4.78, 5) is 1.25. The largest absolute Gasteiger partial charge is 0.390 e. The first-order chi connectivity index (χ1) is 4.43. The Hall–Kier alpha value is 0.764. The summed E-state index contributed by atoms with van der Waals surface area (Å²) in [6.07, 6.45) is 0. The average Bonchev–Trinajstić information content (AvgIpc) is 2.34. The molecule has 0 aromatic carbocycles. The van der Waals surface area contributed by atoms with Crippen molar-refractivity contribution in [2.24, 2.45) is 0 Å². The third kappa shape index (κ3) is 3.82. The van der Waals surface area contributed by atoms with E-state index >= 15 is 0 Å². The third-order valence-electron chi connectivity index (χ3n) is 0.976. The van der Waals surface area contributed by atoms with E-state index in [2.05, 4.69) is 5.38 Å². The van der Waals surface area contributed by atoms with E-state index in [1.165, 1.54) is 4.88 Å². The molecule has 53 valence electrons. The molecule has 0 aliphatic heterocycles. The first-order valence-electron chi connectivity index (χ1n) is 2.96. The Morgan fingerprint density at radius 2 is 2.50 bits per heavy atom. The Kier molecular flexibility index (Phi) is 6.97. The van der Waals surface area contributed by atoms with Gasteiger partial charge in [-0.1, -0.05) is 0 Å². The Labute approximate surface area is 90.7 Å². The molecule has 1 nitrogen and oxygen atoms in total. The smallest absolute Gasteiger partial charge is 0.0428 e. The molecule has 1 rings (SSSR count). The van der Waals surface area contributed by atoms with Crippen molar-refractivity contribution in [1.82, 2.24) is 0 Å². The monoisotopic (exact) mass is 230 g/mol.